The van der Waals surface area contributed by atoms with Gasteiger partial charge in [-0.3, -0.25) is 9.59 Å². The molecule has 0 atom stereocenters. The third-order valence-electron chi connectivity index (χ3n) is 3.45. The largest absolute Gasteiger partial charge is 0.339 e. The van der Waals surface area contributed by atoms with Crippen molar-refractivity contribution in [3.63, 3.8) is 0 Å². The maximum atomic E-state index is 12.0. The highest BCUT2D eigenvalue weighted by Gasteiger charge is 2.22. The van der Waals surface area contributed by atoms with E-state index in [1.807, 2.05) is 0 Å². The molecular formula is C12H20N4O2. The molecule has 0 aromatic carbocycles. The summed E-state index contributed by atoms with van der Waals surface area (Å²) in [5.74, 6) is -0.194. The van der Waals surface area contributed by atoms with Crippen LogP contribution in [0.1, 0.15) is 25.7 Å². The lowest BCUT2D eigenvalue weighted by molar-refractivity contribution is -0.123. The van der Waals surface area contributed by atoms with Gasteiger partial charge in [0.15, 0.2) is 0 Å². The number of nitrogens with one attached hydrogen (secondary N) is 1. The Hall–Kier alpha value is -1.43. The van der Waals surface area contributed by atoms with E-state index in [-0.39, 0.29) is 11.8 Å². The fourth-order valence-electron chi connectivity index (χ4n) is 2.25. The molecule has 0 spiro atoms. The van der Waals surface area contributed by atoms with Crippen LogP contribution in [0.15, 0.2) is 5.10 Å². The van der Waals surface area contributed by atoms with E-state index in [2.05, 4.69) is 15.4 Å². The van der Waals surface area contributed by atoms with Gasteiger partial charge < -0.3 is 9.80 Å². The second kappa shape index (κ2) is 5.95. The van der Waals surface area contributed by atoms with Crippen molar-refractivity contribution in [1.82, 2.24) is 15.2 Å². The number of nitrogens with zero attached hydrogens (tertiary/aromatic N) is 3. The van der Waals surface area contributed by atoms with Crippen LogP contribution >= 0.6 is 0 Å². The van der Waals surface area contributed by atoms with Gasteiger partial charge in [0.05, 0.1) is 0 Å². The number of hydrazone groups is 1. The van der Waals surface area contributed by atoms with Crippen molar-refractivity contribution in [2.45, 2.75) is 25.7 Å². The van der Waals surface area contributed by atoms with Crippen molar-refractivity contribution >= 4 is 17.5 Å². The summed E-state index contributed by atoms with van der Waals surface area (Å²) >= 11 is 0. The molecule has 1 saturated heterocycles. The van der Waals surface area contributed by atoms with E-state index in [0.717, 1.165) is 19.6 Å². The molecule has 1 N–H and O–H groups in total. The third kappa shape index (κ3) is 3.29. The van der Waals surface area contributed by atoms with Crippen molar-refractivity contribution < 1.29 is 9.59 Å². The molecule has 100 valence electrons. The van der Waals surface area contributed by atoms with Gasteiger partial charge in [-0.1, -0.05) is 0 Å². The number of likely N-dealkylation sites (tertiary alicyclic amines) is 1. The third-order valence-corrected chi connectivity index (χ3v) is 3.45. The molecule has 18 heavy (non-hydrogen) atoms. The number of amides is 2. The van der Waals surface area contributed by atoms with Crippen LogP contribution in [0.3, 0.4) is 0 Å². The molecule has 0 saturated carbocycles. The first-order chi connectivity index (χ1) is 8.66. The van der Waals surface area contributed by atoms with E-state index < -0.39 is 0 Å². The predicted octanol–water partition coefficient (Wildman–Crippen LogP) is -0.193. The van der Waals surface area contributed by atoms with Crippen LogP contribution < -0.4 is 5.43 Å². The summed E-state index contributed by atoms with van der Waals surface area (Å²) in [7, 11) is 1.79. The second-order valence-electron chi connectivity index (χ2n) is 4.87. The Morgan fingerprint density at radius 3 is 2.72 bits per heavy atom. The van der Waals surface area contributed by atoms with Gasteiger partial charge in [0.1, 0.15) is 5.71 Å². The van der Waals surface area contributed by atoms with Crippen molar-refractivity contribution in [3.8, 4) is 0 Å². The molecule has 2 heterocycles. The lowest BCUT2D eigenvalue weighted by Gasteiger charge is -2.22. The van der Waals surface area contributed by atoms with Crippen molar-refractivity contribution in [2.24, 2.45) is 5.10 Å². The Morgan fingerprint density at radius 1 is 1.39 bits per heavy atom. The molecule has 2 aliphatic rings. The molecule has 0 bridgehead atoms. The quantitative estimate of drug-likeness (QED) is 0.754. The normalized spacial score (nSPS) is 20.5. The summed E-state index contributed by atoms with van der Waals surface area (Å²) in [5.41, 5.74) is 2.81. The summed E-state index contributed by atoms with van der Waals surface area (Å²) < 4.78 is 0. The Labute approximate surface area is 107 Å². The molecule has 0 aromatic rings. The standard InChI is InChI=1S/C12H20N4O2/c1-15(8-9-16-6-2-3-7-16)12(18)10-4-5-11(17)14-13-10/h2-9H2,1H3,(H,14,17). The highest BCUT2D eigenvalue weighted by molar-refractivity contribution is 6.39. The van der Waals surface area contributed by atoms with Crippen molar-refractivity contribution in [2.75, 3.05) is 33.2 Å². The molecule has 0 aromatic heterocycles. The molecule has 0 unspecified atom stereocenters. The van der Waals surface area contributed by atoms with Gasteiger partial charge in [0.2, 0.25) is 5.91 Å². The molecule has 6 heteroatoms. The summed E-state index contributed by atoms with van der Waals surface area (Å²) in [6.45, 7) is 3.91. The molecule has 0 radical (unpaired) electrons. The minimum absolute atomic E-state index is 0.0748. The topological polar surface area (TPSA) is 65.0 Å². The SMILES string of the molecule is CN(CCN1CCCC1)C(=O)C1=NNC(=O)CC1. The number of hydrogen-bond acceptors (Lipinski definition) is 4. The lowest BCUT2D eigenvalue weighted by atomic mass is 10.1. The first kappa shape index (κ1) is 13.0. The number of hydrogen-bond donors (Lipinski definition) is 1. The number of carbonyl (C=O) groups is 2. The molecule has 0 aliphatic carbocycles. The first-order valence-electron chi connectivity index (χ1n) is 6.50. The molecular weight excluding hydrogens is 232 g/mol. The number of carbonyl (C=O) groups excluding carboxylic acids is 2. The van der Waals surface area contributed by atoms with E-state index >= 15 is 0 Å². The van der Waals surface area contributed by atoms with E-state index in [9.17, 15) is 9.59 Å². The second-order valence-corrected chi connectivity index (χ2v) is 4.87. The van der Waals surface area contributed by atoms with E-state index in [1.165, 1.54) is 12.8 Å². The number of rotatable bonds is 4. The predicted molar refractivity (Wildman–Crippen MR) is 68.1 cm³/mol. The van der Waals surface area contributed by atoms with Crippen LogP contribution in [0.4, 0.5) is 0 Å². The van der Waals surface area contributed by atoms with Crippen LogP contribution in [-0.4, -0.2) is 60.6 Å². The minimum Gasteiger partial charge on any atom is -0.339 e. The van der Waals surface area contributed by atoms with Gasteiger partial charge in [0.25, 0.3) is 5.91 Å². The average molecular weight is 252 g/mol. The highest BCUT2D eigenvalue weighted by Crippen LogP contribution is 2.07. The van der Waals surface area contributed by atoms with E-state index in [4.69, 9.17) is 0 Å². The van der Waals surface area contributed by atoms with Crippen molar-refractivity contribution in [1.29, 1.82) is 0 Å². The van der Waals surface area contributed by atoms with Crippen LogP contribution in [0.25, 0.3) is 0 Å². The maximum absolute atomic E-state index is 12.0. The van der Waals surface area contributed by atoms with Crippen LogP contribution in [0.5, 0.6) is 0 Å². The average Bonchev–Trinajstić information content (AvgIpc) is 2.89. The van der Waals surface area contributed by atoms with Crippen LogP contribution in [-0.2, 0) is 9.59 Å². The Kier molecular flexibility index (Phi) is 4.30. The summed E-state index contributed by atoms with van der Waals surface area (Å²) in [4.78, 5) is 27.0. The highest BCUT2D eigenvalue weighted by atomic mass is 16.2. The van der Waals surface area contributed by atoms with Gasteiger partial charge in [0, 0.05) is 33.0 Å². The van der Waals surface area contributed by atoms with Gasteiger partial charge in [-0.25, -0.2) is 5.43 Å². The summed E-state index contributed by atoms with van der Waals surface area (Å²) in [5, 5.41) is 3.82. The van der Waals surface area contributed by atoms with Gasteiger partial charge in [-0.2, -0.15) is 5.10 Å². The minimum atomic E-state index is -0.119. The van der Waals surface area contributed by atoms with Crippen LogP contribution in [0, 0.1) is 0 Å². The molecule has 1 fully saturated rings. The zero-order chi connectivity index (χ0) is 13.0. The fourth-order valence-corrected chi connectivity index (χ4v) is 2.25. The van der Waals surface area contributed by atoms with Crippen LogP contribution in [0.2, 0.25) is 0 Å². The van der Waals surface area contributed by atoms with Gasteiger partial charge >= 0.3 is 0 Å². The Balaban J connectivity index is 1.79. The first-order valence-corrected chi connectivity index (χ1v) is 6.50. The summed E-state index contributed by atoms with van der Waals surface area (Å²) in [6, 6.07) is 0. The van der Waals surface area contributed by atoms with Gasteiger partial charge in [-0.15, -0.1) is 0 Å². The number of likely N-dealkylation sites (N-methyl/N-ethyl adjacent to an activating group) is 1. The zero-order valence-corrected chi connectivity index (χ0v) is 10.8. The Bertz CT molecular complexity index is 361. The maximum Gasteiger partial charge on any atom is 0.269 e. The monoisotopic (exact) mass is 252 g/mol. The van der Waals surface area contributed by atoms with E-state index in [1.54, 1.807) is 11.9 Å². The molecule has 2 rings (SSSR count). The lowest BCUT2D eigenvalue weighted by Crippen LogP contribution is -2.41. The van der Waals surface area contributed by atoms with E-state index in [0.29, 0.717) is 25.1 Å². The van der Waals surface area contributed by atoms with Crippen molar-refractivity contribution in [3.05, 3.63) is 0 Å². The molecule has 2 amide bonds. The molecule has 2 aliphatic heterocycles. The zero-order valence-electron chi connectivity index (χ0n) is 10.8. The fraction of sp³-hybridized carbons (Fsp3) is 0.750. The molecule has 6 nitrogen and oxygen atoms in total. The Morgan fingerprint density at radius 2 is 2.11 bits per heavy atom. The van der Waals surface area contributed by atoms with Gasteiger partial charge in [-0.05, 0) is 25.9 Å². The smallest absolute Gasteiger partial charge is 0.269 e. The summed E-state index contributed by atoms with van der Waals surface area (Å²) in [6.07, 6.45) is 3.32.